The normalized spacial score (nSPS) is 16.1. The first-order chi connectivity index (χ1) is 8.16. The van der Waals surface area contributed by atoms with Crippen LogP contribution in [0.5, 0.6) is 0 Å². The van der Waals surface area contributed by atoms with Gasteiger partial charge in [0, 0.05) is 23.2 Å². The van der Waals surface area contributed by atoms with Crippen molar-refractivity contribution in [1.82, 2.24) is 4.57 Å². The molecule has 0 atom stereocenters. The lowest BCUT2D eigenvalue weighted by molar-refractivity contribution is 0.320. The highest BCUT2D eigenvalue weighted by molar-refractivity contribution is 5.79. The molecular weight excluding hydrogens is 217 g/mol. The monoisotopic (exact) mass is 231 g/mol. The molecule has 0 amide bonds. The highest BCUT2D eigenvalue weighted by atomic mass is 19.1. The third-order valence-corrected chi connectivity index (χ3v) is 3.64. The standard InChI is InChI=1S/C14H14FNO/c1-9-8-16(11-3-2-4-11)13-6-5-10(15)7-12(13)14(9)17/h5-8,11H,2-4H2,1H3. The van der Waals surface area contributed by atoms with Crippen molar-refractivity contribution in [3.05, 3.63) is 46.0 Å². The van der Waals surface area contributed by atoms with Gasteiger partial charge in [0.15, 0.2) is 5.43 Å². The van der Waals surface area contributed by atoms with Crippen LogP contribution in [0.3, 0.4) is 0 Å². The number of fused-ring (bicyclic) bond motifs is 1. The number of benzene rings is 1. The van der Waals surface area contributed by atoms with E-state index in [-0.39, 0.29) is 11.2 Å². The maximum atomic E-state index is 13.2. The van der Waals surface area contributed by atoms with E-state index < -0.39 is 0 Å². The molecule has 0 saturated heterocycles. The molecule has 1 aliphatic carbocycles. The predicted octanol–water partition coefficient (Wildman–Crippen LogP) is 3.17. The Labute approximate surface area is 98.7 Å². The van der Waals surface area contributed by atoms with Crippen molar-refractivity contribution < 1.29 is 4.39 Å². The molecule has 1 heterocycles. The quantitative estimate of drug-likeness (QED) is 0.738. The Morgan fingerprint density at radius 3 is 2.76 bits per heavy atom. The summed E-state index contributed by atoms with van der Waals surface area (Å²) in [7, 11) is 0. The van der Waals surface area contributed by atoms with Crippen LogP contribution in [0.4, 0.5) is 4.39 Å². The molecule has 1 aromatic heterocycles. The highest BCUT2D eigenvalue weighted by Crippen LogP contribution is 2.33. The summed E-state index contributed by atoms with van der Waals surface area (Å²) in [5, 5.41) is 0.497. The Hall–Kier alpha value is -1.64. The molecule has 3 rings (SSSR count). The van der Waals surface area contributed by atoms with Gasteiger partial charge in [0.1, 0.15) is 5.82 Å². The van der Waals surface area contributed by atoms with E-state index in [1.165, 1.54) is 18.6 Å². The first-order valence-corrected chi connectivity index (χ1v) is 5.98. The summed E-state index contributed by atoms with van der Waals surface area (Å²) in [6, 6.07) is 4.96. The maximum absolute atomic E-state index is 13.2. The molecule has 0 unspecified atom stereocenters. The molecule has 0 N–H and O–H groups in total. The third-order valence-electron chi connectivity index (χ3n) is 3.64. The fourth-order valence-corrected chi connectivity index (χ4v) is 2.43. The molecule has 0 aliphatic heterocycles. The van der Waals surface area contributed by atoms with Gasteiger partial charge in [-0.1, -0.05) is 0 Å². The van der Waals surface area contributed by atoms with Crippen LogP contribution >= 0.6 is 0 Å². The Bertz CT molecular complexity index is 640. The topological polar surface area (TPSA) is 22.0 Å². The average Bonchev–Trinajstić information content (AvgIpc) is 2.23. The van der Waals surface area contributed by atoms with Crippen LogP contribution in [0.15, 0.2) is 29.2 Å². The number of halogens is 1. The molecule has 17 heavy (non-hydrogen) atoms. The number of nitrogens with zero attached hydrogens (tertiary/aromatic N) is 1. The molecule has 1 fully saturated rings. The number of hydrogen-bond donors (Lipinski definition) is 0. The molecule has 1 saturated carbocycles. The second kappa shape index (κ2) is 3.69. The number of pyridine rings is 1. The van der Waals surface area contributed by atoms with Crippen molar-refractivity contribution in [3.63, 3.8) is 0 Å². The number of rotatable bonds is 1. The lowest BCUT2D eigenvalue weighted by atomic mass is 9.92. The van der Waals surface area contributed by atoms with E-state index in [9.17, 15) is 9.18 Å². The number of hydrogen-bond acceptors (Lipinski definition) is 1. The number of aryl methyl sites for hydroxylation is 1. The predicted molar refractivity (Wildman–Crippen MR) is 65.8 cm³/mol. The SMILES string of the molecule is Cc1cn(C2CCC2)c2ccc(F)cc2c1=O. The number of aromatic nitrogens is 1. The van der Waals surface area contributed by atoms with E-state index in [1.54, 1.807) is 13.0 Å². The smallest absolute Gasteiger partial charge is 0.192 e. The van der Waals surface area contributed by atoms with Crippen molar-refractivity contribution in [1.29, 1.82) is 0 Å². The third kappa shape index (κ3) is 1.57. The van der Waals surface area contributed by atoms with Crippen LogP contribution in [0, 0.1) is 12.7 Å². The minimum atomic E-state index is -0.347. The van der Waals surface area contributed by atoms with E-state index in [1.807, 2.05) is 6.20 Å². The van der Waals surface area contributed by atoms with Gasteiger partial charge >= 0.3 is 0 Å². The molecule has 0 bridgehead atoms. The lowest BCUT2D eigenvalue weighted by Gasteiger charge is -2.30. The Morgan fingerprint density at radius 2 is 2.12 bits per heavy atom. The van der Waals surface area contributed by atoms with Crippen molar-refractivity contribution in [2.24, 2.45) is 0 Å². The van der Waals surface area contributed by atoms with Gasteiger partial charge in [-0.15, -0.1) is 0 Å². The van der Waals surface area contributed by atoms with Gasteiger partial charge in [0.2, 0.25) is 0 Å². The van der Waals surface area contributed by atoms with Crippen molar-refractivity contribution >= 4 is 10.9 Å². The van der Waals surface area contributed by atoms with Crippen molar-refractivity contribution in [2.75, 3.05) is 0 Å². The molecule has 3 heteroatoms. The van der Waals surface area contributed by atoms with Crippen LogP contribution in [-0.2, 0) is 0 Å². The summed E-state index contributed by atoms with van der Waals surface area (Å²) in [6.07, 6.45) is 5.44. The minimum absolute atomic E-state index is 0.0601. The fourth-order valence-electron chi connectivity index (χ4n) is 2.43. The zero-order valence-corrected chi connectivity index (χ0v) is 9.74. The molecule has 88 valence electrons. The summed E-state index contributed by atoms with van der Waals surface area (Å²) < 4.78 is 15.4. The van der Waals surface area contributed by atoms with Gasteiger partial charge in [0.05, 0.1) is 5.52 Å². The van der Waals surface area contributed by atoms with E-state index >= 15 is 0 Å². The highest BCUT2D eigenvalue weighted by Gasteiger charge is 2.21. The van der Waals surface area contributed by atoms with Crippen molar-refractivity contribution in [2.45, 2.75) is 32.2 Å². The Balaban J connectivity index is 2.35. The molecule has 0 spiro atoms. The molecule has 2 aromatic rings. The fraction of sp³-hybridized carbons (Fsp3) is 0.357. The maximum Gasteiger partial charge on any atom is 0.192 e. The second-order valence-corrected chi connectivity index (χ2v) is 4.79. The van der Waals surface area contributed by atoms with Crippen molar-refractivity contribution in [3.8, 4) is 0 Å². The molecular formula is C14H14FNO. The van der Waals surface area contributed by atoms with Gasteiger partial charge in [-0.05, 0) is 44.4 Å². The lowest BCUT2D eigenvalue weighted by Crippen LogP contribution is -2.21. The van der Waals surface area contributed by atoms with Gasteiger partial charge in [0.25, 0.3) is 0 Å². The summed E-state index contributed by atoms with van der Waals surface area (Å²) in [5.74, 6) is -0.347. The summed E-state index contributed by atoms with van der Waals surface area (Å²) in [6.45, 7) is 1.79. The molecule has 1 aromatic carbocycles. The second-order valence-electron chi connectivity index (χ2n) is 4.79. The van der Waals surface area contributed by atoms with Crippen LogP contribution in [0.2, 0.25) is 0 Å². The summed E-state index contributed by atoms with van der Waals surface area (Å²) in [5.41, 5.74) is 1.48. The minimum Gasteiger partial charge on any atom is -0.344 e. The Morgan fingerprint density at radius 1 is 1.35 bits per heavy atom. The zero-order chi connectivity index (χ0) is 12.0. The summed E-state index contributed by atoms with van der Waals surface area (Å²) >= 11 is 0. The van der Waals surface area contributed by atoms with Gasteiger partial charge in [-0.3, -0.25) is 4.79 Å². The molecule has 1 aliphatic rings. The van der Waals surface area contributed by atoms with E-state index in [0.717, 1.165) is 18.4 Å². The van der Waals surface area contributed by atoms with Crippen LogP contribution in [-0.4, -0.2) is 4.57 Å². The van der Waals surface area contributed by atoms with Gasteiger partial charge < -0.3 is 4.57 Å². The average molecular weight is 231 g/mol. The Kier molecular flexibility index (Phi) is 2.28. The summed E-state index contributed by atoms with van der Waals surface area (Å²) in [4.78, 5) is 12.0. The van der Waals surface area contributed by atoms with Crippen LogP contribution in [0.1, 0.15) is 30.9 Å². The largest absolute Gasteiger partial charge is 0.344 e. The zero-order valence-electron chi connectivity index (χ0n) is 9.74. The first kappa shape index (κ1) is 10.5. The molecule has 0 radical (unpaired) electrons. The van der Waals surface area contributed by atoms with Crippen LogP contribution < -0.4 is 5.43 Å². The van der Waals surface area contributed by atoms with E-state index in [2.05, 4.69) is 4.57 Å². The molecule has 2 nitrogen and oxygen atoms in total. The van der Waals surface area contributed by atoms with E-state index in [0.29, 0.717) is 17.0 Å². The van der Waals surface area contributed by atoms with Gasteiger partial charge in [-0.25, -0.2) is 4.39 Å². The van der Waals surface area contributed by atoms with Crippen LogP contribution in [0.25, 0.3) is 10.9 Å². The van der Waals surface area contributed by atoms with Gasteiger partial charge in [-0.2, -0.15) is 0 Å². The first-order valence-electron chi connectivity index (χ1n) is 5.98. The van der Waals surface area contributed by atoms with E-state index in [4.69, 9.17) is 0 Å².